The van der Waals surface area contributed by atoms with Crippen LogP contribution in [0, 0.1) is 14.7 Å². The van der Waals surface area contributed by atoms with Crippen LogP contribution in [0.4, 0.5) is 0 Å². The summed E-state index contributed by atoms with van der Waals surface area (Å²) in [6, 6.07) is 1.93. The fourth-order valence-corrected chi connectivity index (χ4v) is 4.24. The predicted octanol–water partition coefficient (Wildman–Crippen LogP) is 4.13. The number of thiophene rings is 1. The van der Waals surface area contributed by atoms with Crippen molar-refractivity contribution in [3.63, 3.8) is 0 Å². The van der Waals surface area contributed by atoms with E-state index in [2.05, 4.69) is 27.9 Å². The monoisotopic (exact) mass is 397 g/mol. The molecule has 1 aromatic rings. The van der Waals surface area contributed by atoms with E-state index in [-0.39, 0.29) is 5.91 Å². The largest absolute Gasteiger partial charge is 0.352 e. The number of hydrogen-bond donors (Lipinski definition) is 1. The molecule has 1 aromatic heterocycles. The van der Waals surface area contributed by atoms with Gasteiger partial charge in [0.2, 0.25) is 0 Å². The first kappa shape index (κ1) is 14.6. The van der Waals surface area contributed by atoms with Crippen molar-refractivity contribution in [1.82, 2.24) is 5.32 Å². The maximum Gasteiger partial charge on any atom is 0.252 e. The second-order valence-electron chi connectivity index (χ2n) is 4.81. The van der Waals surface area contributed by atoms with E-state index in [0.717, 1.165) is 20.9 Å². The Kier molecular flexibility index (Phi) is 5.76. The first-order chi connectivity index (χ1) is 8.70. The number of rotatable bonds is 4. The quantitative estimate of drug-likeness (QED) is 0.601. The summed E-state index contributed by atoms with van der Waals surface area (Å²) in [5, 5.41) is 4.97. The van der Waals surface area contributed by atoms with E-state index in [4.69, 9.17) is 11.6 Å². The number of alkyl halides is 1. The first-order valence-corrected chi connectivity index (χ1v) is 8.78. The van der Waals surface area contributed by atoms with Gasteiger partial charge in [-0.2, -0.15) is 0 Å². The van der Waals surface area contributed by atoms with E-state index < -0.39 is 0 Å². The molecule has 18 heavy (non-hydrogen) atoms. The number of nitrogens with one attached hydrogen (secondary N) is 1. The summed E-state index contributed by atoms with van der Waals surface area (Å²) in [5.74, 6) is 1.89. The molecule has 1 amide bonds. The molecule has 0 aliphatic heterocycles. The topological polar surface area (TPSA) is 29.1 Å². The maximum atomic E-state index is 12.0. The Hall–Kier alpha value is 0.190. The minimum atomic E-state index is 0.0491. The van der Waals surface area contributed by atoms with Crippen molar-refractivity contribution >= 4 is 51.4 Å². The van der Waals surface area contributed by atoms with E-state index in [1.165, 1.54) is 25.7 Å². The van der Waals surface area contributed by atoms with Crippen LogP contribution in [0.3, 0.4) is 0 Å². The van der Waals surface area contributed by atoms with Crippen molar-refractivity contribution in [3.05, 3.63) is 19.9 Å². The van der Waals surface area contributed by atoms with Crippen LogP contribution in [0.5, 0.6) is 0 Å². The van der Waals surface area contributed by atoms with Crippen molar-refractivity contribution in [3.8, 4) is 0 Å². The number of amides is 1. The number of carbonyl (C=O) groups excluding carboxylic acids is 1. The van der Waals surface area contributed by atoms with Gasteiger partial charge in [-0.05, 0) is 53.3 Å². The average Bonchev–Trinajstić information content (AvgIpc) is 2.83. The Morgan fingerprint density at radius 3 is 2.78 bits per heavy atom. The van der Waals surface area contributed by atoms with Gasteiger partial charge in [-0.1, -0.05) is 12.8 Å². The molecule has 1 aliphatic rings. The van der Waals surface area contributed by atoms with E-state index >= 15 is 0 Å². The minimum Gasteiger partial charge on any atom is -0.352 e. The average molecular weight is 398 g/mol. The zero-order valence-corrected chi connectivity index (χ0v) is 13.9. The molecule has 0 radical (unpaired) electrons. The zero-order chi connectivity index (χ0) is 13.0. The Balaban J connectivity index is 1.85. The fraction of sp³-hybridized carbons (Fsp3) is 0.615. The molecule has 2 unspecified atom stereocenters. The molecule has 1 N–H and O–H groups in total. The van der Waals surface area contributed by atoms with Crippen molar-refractivity contribution in [2.24, 2.45) is 11.8 Å². The van der Waals surface area contributed by atoms with Gasteiger partial charge < -0.3 is 5.32 Å². The number of hydrogen-bond acceptors (Lipinski definition) is 2. The molecule has 0 spiro atoms. The van der Waals surface area contributed by atoms with Gasteiger partial charge in [0.15, 0.2) is 0 Å². The second-order valence-corrected chi connectivity index (χ2v) is 7.92. The van der Waals surface area contributed by atoms with Gasteiger partial charge in [-0.15, -0.1) is 22.9 Å². The van der Waals surface area contributed by atoms with Crippen molar-refractivity contribution < 1.29 is 4.79 Å². The van der Waals surface area contributed by atoms with Crippen molar-refractivity contribution in [1.29, 1.82) is 0 Å². The molecule has 0 saturated heterocycles. The summed E-state index contributed by atoms with van der Waals surface area (Å²) < 4.78 is 1.15. The molecule has 0 bridgehead atoms. The highest BCUT2D eigenvalue weighted by molar-refractivity contribution is 14.1. The molecule has 2 nitrogen and oxygen atoms in total. The van der Waals surface area contributed by atoms with Crippen LogP contribution in [-0.2, 0) is 0 Å². The SMILES string of the molecule is O=C(NCC1CCCCC1CCl)c1csc(I)c1. The first-order valence-electron chi connectivity index (χ1n) is 6.29. The summed E-state index contributed by atoms with van der Waals surface area (Å²) >= 11 is 9.84. The molecule has 1 saturated carbocycles. The van der Waals surface area contributed by atoms with Crippen LogP contribution in [-0.4, -0.2) is 18.3 Å². The van der Waals surface area contributed by atoms with Gasteiger partial charge in [0.1, 0.15) is 0 Å². The number of carbonyl (C=O) groups is 1. The smallest absolute Gasteiger partial charge is 0.252 e. The third kappa shape index (κ3) is 3.84. The maximum absolute atomic E-state index is 12.0. The normalized spacial score (nSPS) is 23.9. The van der Waals surface area contributed by atoms with E-state index in [1.807, 2.05) is 11.4 Å². The Morgan fingerprint density at radius 1 is 1.44 bits per heavy atom. The van der Waals surface area contributed by atoms with Crippen molar-refractivity contribution in [2.45, 2.75) is 25.7 Å². The molecule has 0 aromatic carbocycles. The lowest BCUT2D eigenvalue weighted by Gasteiger charge is -2.30. The van der Waals surface area contributed by atoms with Crippen LogP contribution < -0.4 is 5.32 Å². The van der Waals surface area contributed by atoms with Gasteiger partial charge in [-0.25, -0.2) is 0 Å². The highest BCUT2D eigenvalue weighted by atomic mass is 127. The number of halogens is 2. The third-order valence-corrected chi connectivity index (χ3v) is 5.80. The highest BCUT2D eigenvalue weighted by Crippen LogP contribution is 2.30. The molecule has 1 aliphatic carbocycles. The third-order valence-electron chi connectivity index (χ3n) is 3.62. The molecular weight excluding hydrogens is 381 g/mol. The van der Waals surface area contributed by atoms with Crippen LogP contribution in [0.2, 0.25) is 0 Å². The molecule has 100 valence electrons. The van der Waals surface area contributed by atoms with Gasteiger partial charge in [0, 0.05) is 17.8 Å². The summed E-state index contributed by atoms with van der Waals surface area (Å²) in [5.41, 5.74) is 0.780. The standard InChI is InChI=1S/C13H17ClINOS/c14-6-9-3-1-2-4-10(9)7-16-13(17)11-5-12(15)18-8-11/h5,8-10H,1-4,6-7H2,(H,16,17). The second kappa shape index (κ2) is 7.10. The van der Waals surface area contributed by atoms with Gasteiger partial charge in [0.05, 0.1) is 8.45 Å². The lowest BCUT2D eigenvalue weighted by Crippen LogP contribution is -2.34. The summed E-state index contributed by atoms with van der Waals surface area (Å²) in [7, 11) is 0. The zero-order valence-electron chi connectivity index (χ0n) is 10.1. The van der Waals surface area contributed by atoms with E-state index in [9.17, 15) is 4.79 Å². The van der Waals surface area contributed by atoms with Crippen LogP contribution >= 0.6 is 45.5 Å². The van der Waals surface area contributed by atoms with Crippen LogP contribution in [0.1, 0.15) is 36.0 Å². The fourth-order valence-electron chi connectivity index (χ4n) is 2.51. The van der Waals surface area contributed by atoms with E-state index in [1.54, 1.807) is 11.3 Å². The van der Waals surface area contributed by atoms with Crippen LogP contribution in [0.15, 0.2) is 11.4 Å². The summed E-state index contributed by atoms with van der Waals surface area (Å²) in [4.78, 5) is 12.0. The van der Waals surface area contributed by atoms with Gasteiger partial charge in [-0.3, -0.25) is 4.79 Å². The Bertz CT molecular complexity index is 409. The predicted molar refractivity (Wildman–Crippen MR) is 85.5 cm³/mol. The molecule has 2 rings (SSSR count). The molecule has 1 heterocycles. The lowest BCUT2D eigenvalue weighted by molar-refractivity contribution is 0.0937. The van der Waals surface area contributed by atoms with Crippen molar-refractivity contribution in [2.75, 3.05) is 12.4 Å². The Morgan fingerprint density at radius 2 is 2.17 bits per heavy atom. The minimum absolute atomic E-state index is 0.0491. The van der Waals surface area contributed by atoms with E-state index in [0.29, 0.717) is 11.8 Å². The molecule has 5 heteroatoms. The molecule has 1 fully saturated rings. The Labute approximate surface area is 131 Å². The highest BCUT2D eigenvalue weighted by Gasteiger charge is 2.24. The molecular formula is C13H17ClINOS. The van der Waals surface area contributed by atoms with Crippen LogP contribution in [0.25, 0.3) is 0 Å². The summed E-state index contributed by atoms with van der Waals surface area (Å²) in [6.07, 6.45) is 4.95. The molecule has 2 atom stereocenters. The lowest BCUT2D eigenvalue weighted by atomic mass is 9.80. The summed E-state index contributed by atoms with van der Waals surface area (Å²) in [6.45, 7) is 0.767. The van der Waals surface area contributed by atoms with Gasteiger partial charge >= 0.3 is 0 Å². The van der Waals surface area contributed by atoms with Gasteiger partial charge in [0.25, 0.3) is 5.91 Å².